The first-order valence-corrected chi connectivity index (χ1v) is 8.44. The van der Waals surface area contributed by atoms with E-state index in [9.17, 15) is 17.2 Å². The van der Waals surface area contributed by atoms with Gasteiger partial charge in [0.15, 0.2) is 0 Å². The highest BCUT2D eigenvalue weighted by Gasteiger charge is 2.18. The molecule has 0 aliphatic heterocycles. The van der Waals surface area contributed by atoms with E-state index in [4.69, 9.17) is 0 Å². The lowest BCUT2D eigenvalue weighted by Gasteiger charge is -2.13. The molecule has 0 saturated carbocycles. The highest BCUT2D eigenvalue weighted by molar-refractivity contribution is 7.92. The van der Waals surface area contributed by atoms with Crippen LogP contribution in [-0.2, 0) is 10.0 Å². The summed E-state index contributed by atoms with van der Waals surface area (Å²) in [4.78, 5) is 0.0498. The molecule has 4 nitrogen and oxygen atoms in total. The summed E-state index contributed by atoms with van der Waals surface area (Å²) in [6.07, 6.45) is 0. The smallest absolute Gasteiger partial charge is 0.387 e. The van der Waals surface area contributed by atoms with E-state index in [1.165, 1.54) is 36.4 Å². The van der Waals surface area contributed by atoms with Gasteiger partial charge in [-0.3, -0.25) is 4.72 Å². The van der Waals surface area contributed by atoms with Crippen molar-refractivity contribution in [3.05, 3.63) is 54.1 Å². The number of para-hydroxylation sites is 2. The van der Waals surface area contributed by atoms with E-state index in [1.54, 1.807) is 12.1 Å². The van der Waals surface area contributed by atoms with Crippen LogP contribution in [0, 0.1) is 0 Å². The lowest BCUT2D eigenvalue weighted by atomic mass is 10.0. The lowest BCUT2D eigenvalue weighted by molar-refractivity contribution is -0.0493. The van der Waals surface area contributed by atoms with Crippen LogP contribution in [0.15, 0.2) is 53.4 Å². The number of sulfonamides is 1. The number of hydrogen-bond acceptors (Lipinski definition) is 3. The van der Waals surface area contributed by atoms with E-state index >= 15 is 0 Å². The predicted molar refractivity (Wildman–Crippen MR) is 84.4 cm³/mol. The average Bonchev–Trinajstić information content (AvgIpc) is 2.48. The summed E-state index contributed by atoms with van der Waals surface area (Å²) in [7, 11) is -3.89. The Morgan fingerprint density at radius 1 is 1.00 bits per heavy atom. The number of halogens is 2. The molecule has 0 fully saturated rings. The second-order valence-corrected chi connectivity index (χ2v) is 6.89. The van der Waals surface area contributed by atoms with Gasteiger partial charge in [-0.05, 0) is 35.7 Å². The van der Waals surface area contributed by atoms with E-state index < -0.39 is 16.6 Å². The molecule has 124 valence electrons. The molecule has 0 aliphatic carbocycles. The number of ether oxygens (including phenoxy) is 1. The van der Waals surface area contributed by atoms with Gasteiger partial charge < -0.3 is 4.74 Å². The molecular weight excluding hydrogens is 324 g/mol. The summed E-state index contributed by atoms with van der Waals surface area (Å²) in [5, 5.41) is 0. The standard InChI is InChI=1S/C16H17F2NO3S/c1-11(2)12-7-9-13(10-8-12)23(20,21)19-14-5-3-4-6-15(14)22-16(17)18/h3-11,16,19H,1-2H3. The van der Waals surface area contributed by atoms with Gasteiger partial charge in [-0.1, -0.05) is 38.1 Å². The molecule has 0 atom stereocenters. The summed E-state index contributed by atoms with van der Waals surface area (Å²) < 4.78 is 56.1. The Kier molecular flexibility index (Phi) is 5.20. The van der Waals surface area contributed by atoms with Gasteiger partial charge in [0, 0.05) is 0 Å². The molecule has 0 spiro atoms. The number of alkyl halides is 2. The minimum Gasteiger partial charge on any atom is -0.433 e. The first kappa shape index (κ1) is 17.2. The van der Waals surface area contributed by atoms with Crippen LogP contribution >= 0.6 is 0 Å². The van der Waals surface area contributed by atoms with Crippen molar-refractivity contribution >= 4 is 15.7 Å². The highest BCUT2D eigenvalue weighted by Crippen LogP contribution is 2.28. The largest absolute Gasteiger partial charge is 0.433 e. The topological polar surface area (TPSA) is 55.4 Å². The number of benzene rings is 2. The SMILES string of the molecule is CC(C)c1ccc(S(=O)(=O)Nc2ccccc2OC(F)F)cc1. The van der Waals surface area contributed by atoms with Gasteiger partial charge >= 0.3 is 6.61 Å². The fraction of sp³-hybridized carbons (Fsp3) is 0.250. The van der Waals surface area contributed by atoms with Gasteiger partial charge in [0.1, 0.15) is 5.75 Å². The van der Waals surface area contributed by atoms with E-state index in [-0.39, 0.29) is 22.3 Å². The zero-order chi connectivity index (χ0) is 17.0. The number of nitrogens with one attached hydrogen (secondary N) is 1. The van der Waals surface area contributed by atoms with Crippen molar-refractivity contribution < 1.29 is 21.9 Å². The third-order valence-electron chi connectivity index (χ3n) is 3.20. The van der Waals surface area contributed by atoms with E-state index in [0.29, 0.717) is 0 Å². The number of anilines is 1. The van der Waals surface area contributed by atoms with Crippen molar-refractivity contribution in [2.75, 3.05) is 4.72 Å². The molecule has 7 heteroatoms. The molecular formula is C16H17F2NO3S. The van der Waals surface area contributed by atoms with E-state index in [0.717, 1.165) is 5.56 Å². The quantitative estimate of drug-likeness (QED) is 0.856. The molecule has 0 heterocycles. The van der Waals surface area contributed by atoms with Gasteiger partial charge in [0.05, 0.1) is 10.6 Å². The average molecular weight is 341 g/mol. The first-order chi connectivity index (χ1) is 10.8. The minimum absolute atomic E-state index is 0.0410. The second-order valence-electron chi connectivity index (χ2n) is 5.20. The van der Waals surface area contributed by atoms with Gasteiger partial charge in [0.25, 0.3) is 10.0 Å². The van der Waals surface area contributed by atoms with Gasteiger partial charge in [-0.2, -0.15) is 8.78 Å². The Bertz CT molecular complexity index is 759. The molecule has 2 aromatic carbocycles. The maximum absolute atomic E-state index is 12.4. The summed E-state index contributed by atoms with van der Waals surface area (Å²) in [5.74, 6) is 0.0461. The predicted octanol–water partition coefficient (Wildman–Crippen LogP) is 4.21. The molecule has 23 heavy (non-hydrogen) atoms. The fourth-order valence-electron chi connectivity index (χ4n) is 1.99. The Labute approximate surface area is 134 Å². The molecule has 0 saturated heterocycles. The molecule has 0 aliphatic rings. The zero-order valence-electron chi connectivity index (χ0n) is 12.7. The highest BCUT2D eigenvalue weighted by atomic mass is 32.2. The van der Waals surface area contributed by atoms with Crippen LogP contribution in [0.2, 0.25) is 0 Å². The van der Waals surface area contributed by atoms with Gasteiger partial charge in [0.2, 0.25) is 0 Å². The van der Waals surface area contributed by atoms with Crippen molar-refractivity contribution in [1.82, 2.24) is 0 Å². The Hall–Kier alpha value is -2.15. The van der Waals surface area contributed by atoms with Crippen LogP contribution < -0.4 is 9.46 Å². The number of hydrogen-bond donors (Lipinski definition) is 1. The zero-order valence-corrected chi connectivity index (χ0v) is 13.5. The van der Waals surface area contributed by atoms with E-state index in [1.807, 2.05) is 13.8 Å². The van der Waals surface area contributed by atoms with Crippen molar-refractivity contribution in [2.24, 2.45) is 0 Å². The lowest BCUT2D eigenvalue weighted by Crippen LogP contribution is -2.14. The van der Waals surface area contributed by atoms with Crippen molar-refractivity contribution in [3.8, 4) is 5.75 Å². The number of rotatable bonds is 6. The normalized spacial score (nSPS) is 11.7. The summed E-state index contributed by atoms with van der Waals surface area (Å²) in [6.45, 7) is 0.963. The third kappa shape index (κ3) is 4.41. The molecule has 0 unspecified atom stereocenters. The Morgan fingerprint density at radius 3 is 2.17 bits per heavy atom. The van der Waals surface area contributed by atoms with Crippen LogP contribution in [0.25, 0.3) is 0 Å². The monoisotopic (exact) mass is 341 g/mol. The molecule has 0 bridgehead atoms. The van der Waals surface area contributed by atoms with Gasteiger partial charge in [-0.15, -0.1) is 0 Å². The molecule has 0 aromatic heterocycles. The van der Waals surface area contributed by atoms with Crippen molar-refractivity contribution in [1.29, 1.82) is 0 Å². The summed E-state index contributed by atoms with van der Waals surface area (Å²) in [5.41, 5.74) is 0.964. The Balaban J connectivity index is 2.28. The van der Waals surface area contributed by atoms with Crippen LogP contribution in [-0.4, -0.2) is 15.0 Å². The van der Waals surface area contributed by atoms with Crippen LogP contribution in [0.1, 0.15) is 25.3 Å². The van der Waals surface area contributed by atoms with Crippen LogP contribution in [0.3, 0.4) is 0 Å². The molecule has 1 N–H and O–H groups in total. The third-order valence-corrected chi connectivity index (χ3v) is 4.59. The maximum atomic E-state index is 12.4. The summed E-state index contributed by atoms with van der Waals surface area (Å²) in [6, 6.07) is 12.0. The Morgan fingerprint density at radius 2 is 1.61 bits per heavy atom. The molecule has 2 aromatic rings. The molecule has 0 radical (unpaired) electrons. The van der Waals surface area contributed by atoms with E-state index in [2.05, 4.69) is 9.46 Å². The molecule has 2 rings (SSSR count). The van der Waals surface area contributed by atoms with Crippen LogP contribution in [0.5, 0.6) is 5.75 Å². The first-order valence-electron chi connectivity index (χ1n) is 6.96. The minimum atomic E-state index is -3.89. The van der Waals surface area contributed by atoms with Crippen LogP contribution in [0.4, 0.5) is 14.5 Å². The van der Waals surface area contributed by atoms with Crippen molar-refractivity contribution in [2.45, 2.75) is 31.3 Å². The van der Waals surface area contributed by atoms with Gasteiger partial charge in [-0.25, -0.2) is 8.42 Å². The fourth-order valence-corrected chi connectivity index (χ4v) is 3.06. The summed E-state index contributed by atoms with van der Waals surface area (Å²) >= 11 is 0. The molecule has 0 amide bonds. The maximum Gasteiger partial charge on any atom is 0.387 e. The van der Waals surface area contributed by atoms with Crippen molar-refractivity contribution in [3.63, 3.8) is 0 Å². The second kappa shape index (κ2) is 6.95.